The van der Waals surface area contributed by atoms with Crippen LogP contribution in [0, 0.1) is 5.82 Å². The van der Waals surface area contributed by atoms with Crippen LogP contribution in [0.15, 0.2) is 18.2 Å². The van der Waals surface area contributed by atoms with Gasteiger partial charge in [0, 0.05) is 13.0 Å². The van der Waals surface area contributed by atoms with Gasteiger partial charge in [0.2, 0.25) is 5.91 Å². The maximum absolute atomic E-state index is 13.0. The number of hydrogen-bond donors (Lipinski definition) is 1. The van der Waals surface area contributed by atoms with Crippen LogP contribution in [0.25, 0.3) is 0 Å². The van der Waals surface area contributed by atoms with E-state index in [1.54, 1.807) is 0 Å². The van der Waals surface area contributed by atoms with Gasteiger partial charge in [-0.05, 0) is 18.2 Å². The second-order valence-electron chi connectivity index (χ2n) is 3.77. The molecule has 4 nitrogen and oxygen atoms in total. The fourth-order valence-corrected chi connectivity index (χ4v) is 2.08. The Morgan fingerprint density at radius 2 is 2.24 bits per heavy atom. The molecule has 1 aliphatic heterocycles. The summed E-state index contributed by atoms with van der Waals surface area (Å²) in [6.07, 6.45) is 0.165. The molecule has 0 radical (unpaired) electrons. The average molecular weight is 258 g/mol. The summed E-state index contributed by atoms with van der Waals surface area (Å²) >= 11 is 5.83. The average Bonchev–Trinajstić information content (AvgIpc) is 2.57. The molecule has 1 aromatic carbocycles. The molecule has 1 unspecified atom stereocenters. The Labute approximate surface area is 102 Å². The maximum atomic E-state index is 13.0. The fourth-order valence-electron chi connectivity index (χ4n) is 1.81. The van der Waals surface area contributed by atoms with Gasteiger partial charge in [-0.15, -0.1) is 11.6 Å². The van der Waals surface area contributed by atoms with Crippen LogP contribution in [0.3, 0.4) is 0 Å². The normalized spacial score (nSPS) is 19.8. The molecule has 2 rings (SSSR count). The first-order valence-electron chi connectivity index (χ1n) is 4.96. The van der Waals surface area contributed by atoms with E-state index in [-0.39, 0.29) is 35.5 Å². The molecule has 0 aromatic heterocycles. The summed E-state index contributed by atoms with van der Waals surface area (Å²) in [6.45, 7) is 0.242. The number of carbonyl (C=O) groups is 2. The lowest BCUT2D eigenvalue weighted by Gasteiger charge is -2.18. The van der Waals surface area contributed by atoms with E-state index in [2.05, 4.69) is 0 Å². The zero-order valence-electron chi connectivity index (χ0n) is 8.69. The molecule has 1 saturated heterocycles. The number of carboxylic acids is 1. The number of aromatic carboxylic acids is 1. The van der Waals surface area contributed by atoms with Crippen LogP contribution >= 0.6 is 11.6 Å². The van der Waals surface area contributed by atoms with Crippen LogP contribution in [-0.4, -0.2) is 28.9 Å². The van der Waals surface area contributed by atoms with Crippen molar-refractivity contribution >= 4 is 29.2 Å². The van der Waals surface area contributed by atoms with Gasteiger partial charge in [-0.3, -0.25) is 4.79 Å². The Morgan fingerprint density at radius 1 is 1.53 bits per heavy atom. The zero-order chi connectivity index (χ0) is 12.6. The summed E-state index contributed by atoms with van der Waals surface area (Å²) in [5.74, 6) is -2.18. The van der Waals surface area contributed by atoms with Gasteiger partial charge in [0.15, 0.2) is 0 Å². The Balaban J connectivity index is 2.45. The highest BCUT2D eigenvalue weighted by molar-refractivity contribution is 6.24. The summed E-state index contributed by atoms with van der Waals surface area (Å²) in [5.41, 5.74) is -0.0452. The SMILES string of the molecule is O=C(O)c1cc(F)ccc1N1CC(Cl)CC1=O. The maximum Gasteiger partial charge on any atom is 0.337 e. The lowest BCUT2D eigenvalue weighted by molar-refractivity contribution is -0.117. The molecule has 17 heavy (non-hydrogen) atoms. The van der Waals surface area contributed by atoms with Crippen molar-refractivity contribution in [3.05, 3.63) is 29.6 Å². The number of nitrogens with zero attached hydrogens (tertiary/aromatic N) is 1. The van der Waals surface area contributed by atoms with E-state index in [0.29, 0.717) is 0 Å². The molecule has 0 bridgehead atoms. The van der Waals surface area contributed by atoms with Gasteiger partial charge in [-0.25, -0.2) is 9.18 Å². The second kappa shape index (κ2) is 4.33. The van der Waals surface area contributed by atoms with Gasteiger partial charge >= 0.3 is 5.97 Å². The fraction of sp³-hybridized carbons (Fsp3) is 0.273. The van der Waals surface area contributed by atoms with Crippen molar-refractivity contribution in [3.8, 4) is 0 Å². The number of carboxylic acid groups (broad SMARTS) is 1. The molecule has 6 heteroatoms. The number of amides is 1. The van der Waals surface area contributed by atoms with Crippen molar-refractivity contribution in [1.29, 1.82) is 0 Å². The zero-order valence-corrected chi connectivity index (χ0v) is 9.45. The number of hydrogen-bond acceptors (Lipinski definition) is 2. The lowest BCUT2D eigenvalue weighted by atomic mass is 10.1. The van der Waals surface area contributed by atoms with Crippen molar-refractivity contribution < 1.29 is 19.1 Å². The standard InChI is InChI=1S/C11H9ClFNO3/c12-6-3-10(15)14(5-6)9-2-1-7(13)4-8(9)11(16)17/h1-2,4,6H,3,5H2,(H,16,17). The van der Waals surface area contributed by atoms with Crippen LogP contribution in [0.1, 0.15) is 16.8 Å². The minimum atomic E-state index is -1.27. The van der Waals surface area contributed by atoms with Crippen molar-refractivity contribution in [1.82, 2.24) is 0 Å². The predicted octanol–water partition coefficient (Wildman–Crippen LogP) is 1.87. The molecule has 1 N–H and O–H groups in total. The van der Waals surface area contributed by atoms with E-state index in [0.717, 1.165) is 12.1 Å². The topological polar surface area (TPSA) is 57.6 Å². The number of rotatable bonds is 2. The van der Waals surface area contributed by atoms with Crippen LogP contribution in [-0.2, 0) is 4.79 Å². The van der Waals surface area contributed by atoms with Gasteiger partial charge in [-0.1, -0.05) is 0 Å². The van der Waals surface area contributed by atoms with Gasteiger partial charge < -0.3 is 10.0 Å². The third kappa shape index (κ3) is 2.24. The molecule has 1 amide bonds. The first-order valence-corrected chi connectivity index (χ1v) is 5.40. The van der Waals surface area contributed by atoms with Crippen molar-refractivity contribution in [2.24, 2.45) is 0 Å². The van der Waals surface area contributed by atoms with Crippen LogP contribution < -0.4 is 4.90 Å². The number of carbonyl (C=O) groups excluding carboxylic acids is 1. The Hall–Kier alpha value is -1.62. The van der Waals surface area contributed by atoms with Crippen molar-refractivity contribution in [2.75, 3.05) is 11.4 Å². The molecule has 0 aliphatic carbocycles. The minimum Gasteiger partial charge on any atom is -0.478 e. The molecule has 1 fully saturated rings. The first-order chi connectivity index (χ1) is 7.99. The summed E-state index contributed by atoms with van der Waals surface area (Å²) in [5, 5.41) is 8.63. The van der Waals surface area contributed by atoms with Crippen LogP contribution in [0.5, 0.6) is 0 Å². The van der Waals surface area contributed by atoms with Gasteiger partial charge in [0.25, 0.3) is 0 Å². The first kappa shape index (κ1) is 11.9. The van der Waals surface area contributed by atoms with E-state index in [1.165, 1.54) is 11.0 Å². The van der Waals surface area contributed by atoms with Crippen LogP contribution in [0.4, 0.5) is 10.1 Å². The van der Waals surface area contributed by atoms with Gasteiger partial charge in [-0.2, -0.15) is 0 Å². The second-order valence-corrected chi connectivity index (χ2v) is 4.39. The highest BCUT2D eigenvalue weighted by Gasteiger charge is 2.31. The predicted molar refractivity (Wildman–Crippen MR) is 60.0 cm³/mol. The van der Waals surface area contributed by atoms with E-state index in [9.17, 15) is 14.0 Å². The van der Waals surface area contributed by atoms with Crippen LogP contribution in [0.2, 0.25) is 0 Å². The highest BCUT2D eigenvalue weighted by atomic mass is 35.5. The summed E-state index contributed by atoms with van der Waals surface area (Å²) in [6, 6.07) is 3.30. The summed E-state index contributed by atoms with van der Waals surface area (Å²) in [4.78, 5) is 23.9. The molecular formula is C11H9ClFNO3. The van der Waals surface area contributed by atoms with E-state index < -0.39 is 11.8 Å². The molecule has 0 spiro atoms. The minimum absolute atomic E-state index is 0.165. The molecule has 0 saturated carbocycles. The number of anilines is 1. The Bertz CT molecular complexity index is 492. The van der Waals surface area contributed by atoms with Gasteiger partial charge in [0.1, 0.15) is 5.82 Å². The molecular weight excluding hydrogens is 249 g/mol. The van der Waals surface area contributed by atoms with Gasteiger partial charge in [0.05, 0.1) is 16.6 Å². The lowest BCUT2D eigenvalue weighted by Crippen LogP contribution is -2.26. The highest BCUT2D eigenvalue weighted by Crippen LogP contribution is 2.28. The van der Waals surface area contributed by atoms with E-state index in [4.69, 9.17) is 16.7 Å². The monoisotopic (exact) mass is 257 g/mol. The molecule has 1 heterocycles. The molecule has 1 aromatic rings. The van der Waals surface area contributed by atoms with E-state index >= 15 is 0 Å². The molecule has 90 valence electrons. The number of alkyl halides is 1. The summed E-state index contributed by atoms with van der Waals surface area (Å²) in [7, 11) is 0. The largest absolute Gasteiger partial charge is 0.478 e. The number of halogens is 2. The third-order valence-corrected chi connectivity index (χ3v) is 2.85. The molecule has 1 atom stereocenters. The summed E-state index contributed by atoms with van der Waals surface area (Å²) < 4.78 is 13.0. The Kier molecular flexibility index (Phi) is 3.02. The Morgan fingerprint density at radius 3 is 2.76 bits per heavy atom. The molecule has 1 aliphatic rings. The van der Waals surface area contributed by atoms with E-state index in [1.807, 2.05) is 0 Å². The smallest absolute Gasteiger partial charge is 0.337 e. The van der Waals surface area contributed by atoms with Crippen molar-refractivity contribution in [2.45, 2.75) is 11.8 Å². The van der Waals surface area contributed by atoms with Crippen molar-refractivity contribution in [3.63, 3.8) is 0 Å². The third-order valence-electron chi connectivity index (χ3n) is 2.56. The number of benzene rings is 1. The quantitative estimate of drug-likeness (QED) is 0.823.